The lowest BCUT2D eigenvalue weighted by molar-refractivity contribution is -0.123. The topological polar surface area (TPSA) is 76.7 Å². The van der Waals surface area contributed by atoms with E-state index in [0.29, 0.717) is 27.8 Å². The molecular weight excluding hydrogens is 368 g/mol. The lowest BCUT2D eigenvalue weighted by atomic mass is 10.1. The van der Waals surface area contributed by atoms with Crippen LogP contribution < -0.4 is 20.1 Å². The summed E-state index contributed by atoms with van der Waals surface area (Å²) in [5.74, 6) is 0.211. The van der Waals surface area contributed by atoms with Gasteiger partial charge in [-0.05, 0) is 56.7 Å². The SMILES string of the molecule is COc1cc(C(=O)Nc2cc(Cl)ccc2C)ccc1OCC(=O)NC(C)C. The van der Waals surface area contributed by atoms with E-state index in [9.17, 15) is 9.59 Å². The number of anilines is 1. The number of rotatable bonds is 7. The van der Waals surface area contributed by atoms with Gasteiger partial charge >= 0.3 is 0 Å². The van der Waals surface area contributed by atoms with Crippen LogP contribution in [0.1, 0.15) is 29.8 Å². The smallest absolute Gasteiger partial charge is 0.258 e. The van der Waals surface area contributed by atoms with Crippen molar-refractivity contribution in [2.75, 3.05) is 19.0 Å². The van der Waals surface area contributed by atoms with E-state index in [1.54, 1.807) is 30.3 Å². The third kappa shape index (κ3) is 5.89. The van der Waals surface area contributed by atoms with Gasteiger partial charge in [-0.3, -0.25) is 9.59 Å². The number of methoxy groups -OCH3 is 1. The highest BCUT2D eigenvalue weighted by atomic mass is 35.5. The molecule has 0 spiro atoms. The van der Waals surface area contributed by atoms with Crippen LogP contribution in [-0.2, 0) is 4.79 Å². The first-order valence-electron chi connectivity index (χ1n) is 8.48. The van der Waals surface area contributed by atoms with Gasteiger partial charge in [0.1, 0.15) is 0 Å². The molecule has 0 aliphatic carbocycles. The van der Waals surface area contributed by atoms with E-state index in [4.69, 9.17) is 21.1 Å². The fraction of sp³-hybridized carbons (Fsp3) is 0.300. The van der Waals surface area contributed by atoms with Crippen molar-refractivity contribution in [2.45, 2.75) is 26.8 Å². The lowest BCUT2D eigenvalue weighted by Crippen LogP contribution is -2.34. The summed E-state index contributed by atoms with van der Waals surface area (Å²) in [6.07, 6.45) is 0. The van der Waals surface area contributed by atoms with Crippen LogP contribution in [0.2, 0.25) is 5.02 Å². The van der Waals surface area contributed by atoms with Crippen molar-refractivity contribution < 1.29 is 19.1 Å². The van der Waals surface area contributed by atoms with Crippen LogP contribution in [0.5, 0.6) is 11.5 Å². The molecule has 2 aromatic carbocycles. The van der Waals surface area contributed by atoms with Crippen molar-refractivity contribution in [2.24, 2.45) is 0 Å². The molecule has 0 bridgehead atoms. The number of hydrogen-bond acceptors (Lipinski definition) is 4. The average Bonchev–Trinajstić information content (AvgIpc) is 2.62. The maximum Gasteiger partial charge on any atom is 0.258 e. The van der Waals surface area contributed by atoms with Gasteiger partial charge in [0, 0.05) is 22.3 Å². The molecule has 2 amide bonds. The number of nitrogens with one attached hydrogen (secondary N) is 2. The third-order valence-corrected chi connectivity index (χ3v) is 3.92. The zero-order valence-corrected chi connectivity index (χ0v) is 16.5. The molecule has 27 heavy (non-hydrogen) atoms. The predicted octanol–water partition coefficient (Wildman–Crippen LogP) is 3.81. The summed E-state index contributed by atoms with van der Waals surface area (Å²) < 4.78 is 10.8. The lowest BCUT2D eigenvalue weighted by Gasteiger charge is -2.14. The Balaban J connectivity index is 2.11. The Hall–Kier alpha value is -2.73. The second-order valence-electron chi connectivity index (χ2n) is 6.29. The molecule has 7 heteroatoms. The van der Waals surface area contributed by atoms with Gasteiger partial charge in [-0.25, -0.2) is 0 Å². The average molecular weight is 391 g/mol. The first kappa shape index (κ1) is 20.6. The highest BCUT2D eigenvalue weighted by molar-refractivity contribution is 6.31. The number of halogens is 1. The number of amides is 2. The molecule has 2 N–H and O–H groups in total. The summed E-state index contributed by atoms with van der Waals surface area (Å²) in [4.78, 5) is 24.2. The standard InChI is InChI=1S/C20H23ClN2O4/c1-12(2)22-19(24)11-27-17-8-6-14(9-18(17)26-4)20(25)23-16-10-15(21)7-5-13(16)3/h5-10,12H,11H2,1-4H3,(H,22,24)(H,23,25). The second-order valence-corrected chi connectivity index (χ2v) is 6.73. The van der Waals surface area contributed by atoms with Crippen LogP contribution in [0.3, 0.4) is 0 Å². The summed E-state index contributed by atoms with van der Waals surface area (Å²) in [5, 5.41) is 6.10. The Bertz CT molecular complexity index is 837. The molecule has 0 fully saturated rings. The first-order chi connectivity index (χ1) is 12.8. The zero-order valence-electron chi connectivity index (χ0n) is 15.8. The molecule has 6 nitrogen and oxygen atoms in total. The first-order valence-corrected chi connectivity index (χ1v) is 8.85. The number of hydrogen-bond donors (Lipinski definition) is 2. The van der Waals surface area contributed by atoms with E-state index in [1.165, 1.54) is 7.11 Å². The van der Waals surface area contributed by atoms with E-state index < -0.39 is 0 Å². The van der Waals surface area contributed by atoms with Gasteiger partial charge in [0.25, 0.3) is 11.8 Å². The van der Waals surface area contributed by atoms with Crippen LogP contribution in [0.25, 0.3) is 0 Å². The van der Waals surface area contributed by atoms with E-state index in [1.807, 2.05) is 26.8 Å². The maximum absolute atomic E-state index is 12.5. The van der Waals surface area contributed by atoms with E-state index >= 15 is 0 Å². The summed E-state index contributed by atoms with van der Waals surface area (Å²) in [5.41, 5.74) is 1.93. The second kappa shape index (κ2) is 9.28. The Morgan fingerprint density at radius 1 is 1.11 bits per heavy atom. The number of aryl methyl sites for hydroxylation is 1. The van der Waals surface area contributed by atoms with Gasteiger partial charge in [-0.15, -0.1) is 0 Å². The Kier molecular flexibility index (Phi) is 7.07. The molecule has 0 unspecified atom stereocenters. The zero-order chi connectivity index (χ0) is 20.0. The largest absolute Gasteiger partial charge is 0.493 e. The molecule has 0 saturated heterocycles. The Morgan fingerprint density at radius 3 is 2.52 bits per heavy atom. The number of benzene rings is 2. The van der Waals surface area contributed by atoms with E-state index in [0.717, 1.165) is 5.56 Å². The van der Waals surface area contributed by atoms with Crippen molar-refractivity contribution in [3.8, 4) is 11.5 Å². The van der Waals surface area contributed by atoms with Crippen molar-refractivity contribution in [3.63, 3.8) is 0 Å². The highest BCUT2D eigenvalue weighted by Crippen LogP contribution is 2.29. The van der Waals surface area contributed by atoms with Gasteiger partial charge in [0.15, 0.2) is 18.1 Å². The summed E-state index contributed by atoms with van der Waals surface area (Å²) in [6, 6.07) is 10.1. The molecule has 0 aliphatic rings. The fourth-order valence-electron chi connectivity index (χ4n) is 2.36. The van der Waals surface area contributed by atoms with E-state index in [-0.39, 0.29) is 24.5 Å². The fourth-order valence-corrected chi connectivity index (χ4v) is 2.53. The molecule has 0 atom stereocenters. The van der Waals surface area contributed by atoms with Crippen LogP contribution >= 0.6 is 11.6 Å². The number of carbonyl (C=O) groups is 2. The number of ether oxygens (including phenoxy) is 2. The summed E-state index contributed by atoms with van der Waals surface area (Å²) in [7, 11) is 1.47. The summed E-state index contributed by atoms with van der Waals surface area (Å²) >= 11 is 5.99. The van der Waals surface area contributed by atoms with Gasteiger partial charge in [0.2, 0.25) is 0 Å². The van der Waals surface area contributed by atoms with Crippen molar-refractivity contribution in [1.29, 1.82) is 0 Å². The minimum Gasteiger partial charge on any atom is -0.493 e. The van der Waals surface area contributed by atoms with E-state index in [2.05, 4.69) is 10.6 Å². The molecule has 0 aliphatic heterocycles. The van der Waals surface area contributed by atoms with Crippen molar-refractivity contribution >= 4 is 29.1 Å². The molecule has 144 valence electrons. The van der Waals surface area contributed by atoms with Gasteiger partial charge in [-0.1, -0.05) is 17.7 Å². The van der Waals surface area contributed by atoms with Crippen LogP contribution in [0, 0.1) is 6.92 Å². The van der Waals surface area contributed by atoms with Crippen molar-refractivity contribution in [1.82, 2.24) is 5.32 Å². The molecule has 2 aromatic rings. The molecule has 0 aromatic heterocycles. The van der Waals surface area contributed by atoms with Crippen LogP contribution in [-0.4, -0.2) is 31.6 Å². The molecule has 0 heterocycles. The quantitative estimate of drug-likeness (QED) is 0.753. The highest BCUT2D eigenvalue weighted by Gasteiger charge is 2.14. The van der Waals surface area contributed by atoms with Crippen LogP contribution in [0.15, 0.2) is 36.4 Å². The Morgan fingerprint density at radius 2 is 1.85 bits per heavy atom. The molecular formula is C20H23ClN2O4. The monoisotopic (exact) mass is 390 g/mol. The van der Waals surface area contributed by atoms with Gasteiger partial charge < -0.3 is 20.1 Å². The third-order valence-electron chi connectivity index (χ3n) is 3.68. The molecule has 0 radical (unpaired) electrons. The Labute approximate surface area is 163 Å². The molecule has 0 saturated carbocycles. The van der Waals surface area contributed by atoms with Gasteiger partial charge in [0.05, 0.1) is 7.11 Å². The maximum atomic E-state index is 12.5. The van der Waals surface area contributed by atoms with Crippen LogP contribution in [0.4, 0.5) is 5.69 Å². The normalized spacial score (nSPS) is 10.4. The minimum absolute atomic E-state index is 0.0315. The van der Waals surface area contributed by atoms with Gasteiger partial charge in [-0.2, -0.15) is 0 Å². The predicted molar refractivity (Wildman–Crippen MR) is 106 cm³/mol. The minimum atomic E-state index is -0.303. The number of carbonyl (C=O) groups excluding carboxylic acids is 2. The summed E-state index contributed by atoms with van der Waals surface area (Å²) in [6.45, 7) is 5.48. The molecule has 2 rings (SSSR count). The van der Waals surface area contributed by atoms with Crippen molar-refractivity contribution in [3.05, 3.63) is 52.5 Å².